The van der Waals surface area contributed by atoms with E-state index < -0.39 is 11.4 Å². The molecule has 0 aromatic carbocycles. The lowest BCUT2D eigenvalue weighted by molar-refractivity contribution is -0.140. The number of anilines is 1. The first-order valence-corrected chi connectivity index (χ1v) is 7.43. The fourth-order valence-corrected chi connectivity index (χ4v) is 3.25. The molecule has 1 heterocycles. The number of rotatable bonds is 5. The van der Waals surface area contributed by atoms with Crippen molar-refractivity contribution in [3.8, 4) is 0 Å². The van der Waals surface area contributed by atoms with E-state index in [1.54, 1.807) is 19.1 Å². The summed E-state index contributed by atoms with van der Waals surface area (Å²) in [5.74, 6) is -1.00. The number of hydrogen-bond donors (Lipinski definition) is 2. The van der Waals surface area contributed by atoms with E-state index in [0.717, 1.165) is 25.7 Å². The predicted octanol–water partition coefficient (Wildman–Crippen LogP) is 3.41. The highest BCUT2D eigenvalue weighted by Gasteiger charge is 2.38. The van der Waals surface area contributed by atoms with E-state index in [-0.39, 0.29) is 18.7 Å². The molecule has 1 aromatic heterocycles. The number of amides is 1. The summed E-state index contributed by atoms with van der Waals surface area (Å²) in [4.78, 5) is 27.3. The lowest BCUT2D eigenvalue weighted by Gasteiger charge is -2.26. The average molecular weight is 311 g/mol. The SMILES string of the molecule is Cc1nc(Cl)ccc1NC(=O)CC1(CC(=O)O)CCCC1. The third kappa shape index (κ3) is 4.17. The Hall–Kier alpha value is -1.62. The topological polar surface area (TPSA) is 79.3 Å². The van der Waals surface area contributed by atoms with Gasteiger partial charge >= 0.3 is 5.97 Å². The fraction of sp³-hybridized carbons (Fsp3) is 0.533. The van der Waals surface area contributed by atoms with Crippen molar-refractivity contribution < 1.29 is 14.7 Å². The first kappa shape index (κ1) is 15.8. The quantitative estimate of drug-likeness (QED) is 0.817. The largest absolute Gasteiger partial charge is 0.481 e. The van der Waals surface area contributed by atoms with Crippen LogP contribution < -0.4 is 5.32 Å². The first-order valence-electron chi connectivity index (χ1n) is 7.05. The van der Waals surface area contributed by atoms with Crippen LogP contribution in [0.5, 0.6) is 0 Å². The number of pyridine rings is 1. The number of carbonyl (C=O) groups is 2. The monoisotopic (exact) mass is 310 g/mol. The minimum absolute atomic E-state index is 0.0538. The number of aryl methyl sites for hydroxylation is 1. The Kier molecular flexibility index (Phi) is 4.83. The van der Waals surface area contributed by atoms with Crippen molar-refractivity contribution in [2.45, 2.75) is 45.4 Å². The summed E-state index contributed by atoms with van der Waals surface area (Å²) in [6.07, 6.45) is 3.86. The van der Waals surface area contributed by atoms with Crippen molar-refractivity contribution in [3.63, 3.8) is 0 Å². The standard InChI is InChI=1S/C15H19ClN2O3/c1-10-11(4-5-12(16)17-10)18-13(19)8-15(9-14(20)21)6-2-3-7-15/h4-5H,2-3,6-9H2,1H3,(H,18,19)(H,20,21). The van der Waals surface area contributed by atoms with Gasteiger partial charge in [0.15, 0.2) is 0 Å². The first-order chi connectivity index (χ1) is 9.90. The van der Waals surface area contributed by atoms with Crippen LogP contribution in [0.4, 0.5) is 5.69 Å². The molecule has 0 bridgehead atoms. The van der Waals surface area contributed by atoms with Crippen molar-refractivity contribution in [2.75, 3.05) is 5.32 Å². The normalized spacial score (nSPS) is 16.7. The lowest BCUT2D eigenvalue weighted by atomic mass is 9.79. The van der Waals surface area contributed by atoms with E-state index in [4.69, 9.17) is 16.7 Å². The molecule has 21 heavy (non-hydrogen) atoms. The Morgan fingerprint density at radius 2 is 2.00 bits per heavy atom. The highest BCUT2D eigenvalue weighted by molar-refractivity contribution is 6.29. The molecule has 6 heteroatoms. The fourth-order valence-electron chi connectivity index (χ4n) is 3.06. The van der Waals surface area contributed by atoms with Crippen LogP contribution in [-0.4, -0.2) is 22.0 Å². The van der Waals surface area contributed by atoms with Gasteiger partial charge in [0.1, 0.15) is 5.15 Å². The predicted molar refractivity (Wildman–Crippen MR) is 80.4 cm³/mol. The molecule has 1 amide bonds. The molecule has 1 aliphatic rings. The van der Waals surface area contributed by atoms with Crippen LogP contribution in [0.3, 0.4) is 0 Å². The lowest BCUT2D eigenvalue weighted by Crippen LogP contribution is -2.28. The zero-order valence-electron chi connectivity index (χ0n) is 12.0. The number of carboxylic acid groups (broad SMARTS) is 1. The smallest absolute Gasteiger partial charge is 0.303 e. The van der Waals surface area contributed by atoms with Gasteiger partial charge in [-0.05, 0) is 37.3 Å². The Bertz CT molecular complexity index is 554. The summed E-state index contributed by atoms with van der Waals surface area (Å²) < 4.78 is 0. The van der Waals surface area contributed by atoms with Gasteiger partial charge in [0.05, 0.1) is 17.8 Å². The molecular weight excluding hydrogens is 292 g/mol. The van der Waals surface area contributed by atoms with Crippen LogP contribution in [0.2, 0.25) is 5.15 Å². The molecule has 0 unspecified atom stereocenters. The zero-order chi connectivity index (χ0) is 15.5. The third-order valence-corrected chi connectivity index (χ3v) is 4.26. The Balaban J connectivity index is 2.04. The maximum Gasteiger partial charge on any atom is 0.303 e. The van der Waals surface area contributed by atoms with Crippen LogP contribution in [0.1, 0.15) is 44.2 Å². The van der Waals surface area contributed by atoms with Crippen LogP contribution in [0.15, 0.2) is 12.1 Å². The molecule has 114 valence electrons. The number of aromatic nitrogens is 1. The molecule has 0 saturated heterocycles. The molecule has 0 atom stereocenters. The summed E-state index contributed by atoms with van der Waals surface area (Å²) >= 11 is 5.78. The number of halogens is 1. The highest BCUT2D eigenvalue weighted by Crippen LogP contribution is 2.44. The molecule has 1 fully saturated rings. The minimum Gasteiger partial charge on any atom is -0.481 e. The van der Waals surface area contributed by atoms with Crippen molar-refractivity contribution in [1.29, 1.82) is 0 Å². The van der Waals surface area contributed by atoms with Crippen molar-refractivity contribution in [2.24, 2.45) is 5.41 Å². The summed E-state index contributed by atoms with van der Waals surface area (Å²) in [5, 5.41) is 12.2. The van der Waals surface area contributed by atoms with Gasteiger partial charge in [-0.3, -0.25) is 9.59 Å². The Morgan fingerprint density at radius 3 is 2.57 bits per heavy atom. The summed E-state index contributed by atoms with van der Waals surface area (Å²) in [6, 6.07) is 3.33. The molecule has 1 aromatic rings. The minimum atomic E-state index is -0.839. The van der Waals surface area contributed by atoms with Crippen LogP contribution in [0, 0.1) is 12.3 Å². The summed E-state index contributed by atoms with van der Waals surface area (Å²) in [5.41, 5.74) is 0.867. The van der Waals surface area contributed by atoms with Crippen molar-refractivity contribution >= 4 is 29.2 Å². The van der Waals surface area contributed by atoms with E-state index in [1.165, 1.54) is 0 Å². The number of nitrogens with zero attached hydrogens (tertiary/aromatic N) is 1. The van der Waals surface area contributed by atoms with E-state index in [0.29, 0.717) is 16.5 Å². The van der Waals surface area contributed by atoms with Gasteiger partial charge in [0.25, 0.3) is 0 Å². The zero-order valence-corrected chi connectivity index (χ0v) is 12.7. The second-order valence-corrected chi connectivity index (χ2v) is 6.16. The van der Waals surface area contributed by atoms with E-state index >= 15 is 0 Å². The molecule has 5 nitrogen and oxygen atoms in total. The van der Waals surface area contributed by atoms with Gasteiger partial charge in [-0.25, -0.2) is 4.98 Å². The van der Waals surface area contributed by atoms with Gasteiger partial charge in [-0.1, -0.05) is 24.4 Å². The second kappa shape index (κ2) is 6.43. The second-order valence-electron chi connectivity index (χ2n) is 5.77. The molecule has 0 aliphatic heterocycles. The summed E-state index contributed by atoms with van der Waals surface area (Å²) in [6.45, 7) is 1.77. The highest BCUT2D eigenvalue weighted by atomic mass is 35.5. The van der Waals surface area contributed by atoms with Crippen molar-refractivity contribution in [3.05, 3.63) is 23.0 Å². The van der Waals surface area contributed by atoms with Crippen LogP contribution >= 0.6 is 11.6 Å². The van der Waals surface area contributed by atoms with E-state index in [2.05, 4.69) is 10.3 Å². The van der Waals surface area contributed by atoms with Gasteiger partial charge < -0.3 is 10.4 Å². The maximum absolute atomic E-state index is 12.2. The van der Waals surface area contributed by atoms with E-state index in [9.17, 15) is 9.59 Å². The Morgan fingerprint density at radius 1 is 1.33 bits per heavy atom. The molecule has 2 rings (SSSR count). The molecular formula is C15H19ClN2O3. The van der Waals surface area contributed by atoms with E-state index in [1.807, 2.05) is 0 Å². The number of aliphatic carboxylic acids is 1. The molecule has 1 aliphatic carbocycles. The van der Waals surface area contributed by atoms with Gasteiger partial charge in [0.2, 0.25) is 5.91 Å². The number of carbonyl (C=O) groups excluding carboxylic acids is 1. The molecule has 0 spiro atoms. The Labute approximate surface area is 128 Å². The average Bonchev–Trinajstić information content (AvgIpc) is 2.80. The van der Waals surface area contributed by atoms with Crippen LogP contribution in [0.25, 0.3) is 0 Å². The van der Waals surface area contributed by atoms with Crippen LogP contribution in [-0.2, 0) is 9.59 Å². The number of carboxylic acids is 1. The van der Waals surface area contributed by atoms with Gasteiger partial charge in [-0.15, -0.1) is 0 Å². The molecule has 2 N–H and O–H groups in total. The number of hydrogen-bond acceptors (Lipinski definition) is 3. The molecule has 1 saturated carbocycles. The van der Waals surface area contributed by atoms with Gasteiger partial charge in [0, 0.05) is 6.42 Å². The van der Waals surface area contributed by atoms with Gasteiger partial charge in [-0.2, -0.15) is 0 Å². The molecule has 0 radical (unpaired) electrons. The third-order valence-electron chi connectivity index (χ3n) is 4.05. The van der Waals surface area contributed by atoms with Crippen molar-refractivity contribution in [1.82, 2.24) is 4.98 Å². The summed E-state index contributed by atoms with van der Waals surface area (Å²) in [7, 11) is 0. The maximum atomic E-state index is 12.2. The number of nitrogens with one attached hydrogen (secondary N) is 1.